The van der Waals surface area contributed by atoms with Gasteiger partial charge in [0.2, 0.25) is 10.0 Å². The average molecular weight is 307 g/mol. The molecule has 3 N–H and O–H groups in total. The van der Waals surface area contributed by atoms with Crippen LogP contribution in [0.1, 0.15) is 0 Å². The number of sulfonamides is 1. The van der Waals surface area contributed by atoms with Crippen LogP contribution in [0.5, 0.6) is 5.75 Å². The molecule has 0 unspecified atom stereocenters. The highest BCUT2D eigenvalue weighted by atomic mass is 32.2. The van der Waals surface area contributed by atoms with Gasteiger partial charge in [-0.2, -0.15) is 0 Å². The molecule has 2 rings (SSSR count). The molecule has 2 aromatic rings. The molecule has 0 aliphatic heterocycles. The van der Waals surface area contributed by atoms with Gasteiger partial charge in [0.15, 0.2) is 6.61 Å². The Bertz CT molecular complexity index is 756. The van der Waals surface area contributed by atoms with Crippen molar-refractivity contribution < 1.29 is 23.1 Å². The molecular formula is C14H13NO5S. The highest BCUT2D eigenvalue weighted by Crippen LogP contribution is 2.32. The Morgan fingerprint density at radius 1 is 1.14 bits per heavy atom. The van der Waals surface area contributed by atoms with Crippen molar-refractivity contribution in [1.29, 1.82) is 0 Å². The summed E-state index contributed by atoms with van der Waals surface area (Å²) in [6.45, 7) is -0.519. The monoisotopic (exact) mass is 307 g/mol. The second-order valence-corrected chi connectivity index (χ2v) is 5.81. The first kappa shape index (κ1) is 15.0. The molecule has 110 valence electrons. The van der Waals surface area contributed by atoms with Crippen LogP contribution in [0.3, 0.4) is 0 Å². The third-order valence-electron chi connectivity index (χ3n) is 2.72. The van der Waals surface area contributed by atoms with Crippen LogP contribution in [-0.2, 0) is 14.8 Å². The fraction of sp³-hybridized carbons (Fsp3) is 0.0714. The summed E-state index contributed by atoms with van der Waals surface area (Å²) >= 11 is 0. The number of benzene rings is 2. The maximum Gasteiger partial charge on any atom is 0.341 e. The summed E-state index contributed by atoms with van der Waals surface area (Å²) in [5, 5.41) is 13.8. The first-order chi connectivity index (χ1) is 9.88. The van der Waals surface area contributed by atoms with Crippen LogP contribution < -0.4 is 9.88 Å². The van der Waals surface area contributed by atoms with Crippen molar-refractivity contribution in [3.8, 4) is 16.9 Å². The molecule has 0 atom stereocenters. The van der Waals surface area contributed by atoms with Crippen LogP contribution in [0.15, 0.2) is 53.4 Å². The van der Waals surface area contributed by atoms with Crippen LogP contribution >= 0.6 is 0 Å². The summed E-state index contributed by atoms with van der Waals surface area (Å²) in [4.78, 5) is 10.5. The van der Waals surface area contributed by atoms with Crippen molar-refractivity contribution in [2.75, 3.05) is 6.61 Å². The van der Waals surface area contributed by atoms with Gasteiger partial charge in [-0.15, -0.1) is 0 Å². The van der Waals surface area contributed by atoms with Crippen molar-refractivity contribution in [1.82, 2.24) is 0 Å². The second kappa shape index (κ2) is 5.94. The Morgan fingerprint density at radius 2 is 1.81 bits per heavy atom. The zero-order valence-corrected chi connectivity index (χ0v) is 11.7. The fourth-order valence-electron chi connectivity index (χ4n) is 1.79. The number of carboxylic acid groups (broad SMARTS) is 1. The van der Waals surface area contributed by atoms with Gasteiger partial charge in [0.25, 0.3) is 0 Å². The van der Waals surface area contributed by atoms with Crippen LogP contribution in [0.2, 0.25) is 0 Å². The summed E-state index contributed by atoms with van der Waals surface area (Å²) in [5.41, 5.74) is 1.16. The fourth-order valence-corrected chi connectivity index (χ4v) is 2.33. The second-order valence-electron chi connectivity index (χ2n) is 4.25. The highest BCUT2D eigenvalue weighted by Gasteiger charge is 2.14. The normalized spacial score (nSPS) is 11.1. The Kier molecular flexibility index (Phi) is 4.25. The lowest BCUT2D eigenvalue weighted by Gasteiger charge is -2.11. The smallest absolute Gasteiger partial charge is 0.341 e. The largest absolute Gasteiger partial charge is 0.481 e. The minimum atomic E-state index is -3.85. The van der Waals surface area contributed by atoms with Gasteiger partial charge in [0.05, 0.1) is 4.90 Å². The van der Waals surface area contributed by atoms with E-state index < -0.39 is 22.6 Å². The molecule has 6 nitrogen and oxygen atoms in total. The number of primary sulfonamides is 1. The number of ether oxygens (including phenoxy) is 1. The van der Waals surface area contributed by atoms with Gasteiger partial charge in [-0.25, -0.2) is 18.4 Å². The van der Waals surface area contributed by atoms with E-state index in [1.54, 1.807) is 24.3 Å². The SMILES string of the molecule is NS(=O)(=O)c1ccc(OCC(=O)O)c(-c2ccccc2)c1. The van der Waals surface area contributed by atoms with Crippen LogP contribution in [0.4, 0.5) is 0 Å². The van der Waals surface area contributed by atoms with E-state index in [-0.39, 0.29) is 10.6 Å². The predicted molar refractivity (Wildman–Crippen MR) is 76.4 cm³/mol. The lowest BCUT2D eigenvalue weighted by atomic mass is 10.0. The summed E-state index contributed by atoms with van der Waals surface area (Å²) in [6, 6.07) is 12.9. The maximum atomic E-state index is 11.4. The molecule has 0 heterocycles. The molecule has 21 heavy (non-hydrogen) atoms. The molecule has 0 aromatic heterocycles. The number of rotatable bonds is 5. The minimum absolute atomic E-state index is 0.0657. The van der Waals surface area contributed by atoms with Gasteiger partial charge in [-0.3, -0.25) is 0 Å². The molecule has 0 saturated carbocycles. The van der Waals surface area contributed by atoms with Crippen LogP contribution in [-0.4, -0.2) is 26.1 Å². The molecular weight excluding hydrogens is 294 g/mol. The Labute approximate surface area is 121 Å². The molecule has 7 heteroatoms. The minimum Gasteiger partial charge on any atom is -0.481 e. The third-order valence-corrected chi connectivity index (χ3v) is 3.63. The maximum absolute atomic E-state index is 11.4. The lowest BCUT2D eigenvalue weighted by Crippen LogP contribution is -2.13. The molecule has 0 aliphatic carbocycles. The zero-order chi connectivity index (χ0) is 15.5. The summed E-state index contributed by atoms with van der Waals surface area (Å²) in [6.07, 6.45) is 0. The van der Waals surface area contributed by atoms with Crippen LogP contribution in [0.25, 0.3) is 11.1 Å². The molecule has 0 radical (unpaired) electrons. The van der Waals surface area contributed by atoms with E-state index >= 15 is 0 Å². The number of carbonyl (C=O) groups is 1. The van der Waals surface area contributed by atoms with E-state index in [0.717, 1.165) is 0 Å². The number of aliphatic carboxylic acids is 1. The first-order valence-electron chi connectivity index (χ1n) is 5.95. The first-order valence-corrected chi connectivity index (χ1v) is 7.49. The van der Waals surface area contributed by atoms with E-state index in [1.807, 2.05) is 6.07 Å². The van der Waals surface area contributed by atoms with Gasteiger partial charge in [-0.05, 0) is 23.8 Å². The molecule has 2 aromatic carbocycles. The molecule has 0 spiro atoms. The van der Waals surface area contributed by atoms with Crippen molar-refractivity contribution in [2.45, 2.75) is 4.90 Å². The number of hydrogen-bond acceptors (Lipinski definition) is 4. The quantitative estimate of drug-likeness (QED) is 0.869. The number of carboxylic acids is 1. The third kappa shape index (κ3) is 3.80. The van der Waals surface area contributed by atoms with Gasteiger partial charge in [-0.1, -0.05) is 30.3 Å². The summed E-state index contributed by atoms with van der Waals surface area (Å²) < 4.78 is 28.1. The summed E-state index contributed by atoms with van der Waals surface area (Å²) in [7, 11) is -3.85. The van der Waals surface area contributed by atoms with Gasteiger partial charge in [0, 0.05) is 5.56 Å². The van der Waals surface area contributed by atoms with E-state index in [1.165, 1.54) is 18.2 Å². The highest BCUT2D eigenvalue weighted by molar-refractivity contribution is 7.89. The standard InChI is InChI=1S/C14H13NO5S/c15-21(18,19)11-6-7-13(20-9-14(16)17)12(8-11)10-4-2-1-3-5-10/h1-8H,9H2,(H,16,17)(H2,15,18,19). The lowest BCUT2D eigenvalue weighted by molar-refractivity contribution is -0.139. The number of hydrogen-bond donors (Lipinski definition) is 2. The Balaban J connectivity index is 2.53. The van der Waals surface area contributed by atoms with Gasteiger partial charge < -0.3 is 9.84 Å². The molecule has 0 bridgehead atoms. The summed E-state index contributed by atoms with van der Waals surface area (Å²) in [5.74, 6) is -0.847. The van der Waals surface area contributed by atoms with E-state index in [0.29, 0.717) is 11.1 Å². The van der Waals surface area contributed by atoms with E-state index in [4.69, 9.17) is 15.0 Å². The molecule has 0 saturated heterocycles. The molecule has 0 fully saturated rings. The zero-order valence-electron chi connectivity index (χ0n) is 10.9. The van der Waals surface area contributed by atoms with Gasteiger partial charge in [0.1, 0.15) is 5.75 Å². The molecule has 0 aliphatic rings. The van der Waals surface area contributed by atoms with E-state index in [9.17, 15) is 13.2 Å². The van der Waals surface area contributed by atoms with Crippen molar-refractivity contribution in [2.24, 2.45) is 5.14 Å². The topological polar surface area (TPSA) is 107 Å². The Hall–Kier alpha value is -2.38. The van der Waals surface area contributed by atoms with Crippen molar-refractivity contribution >= 4 is 16.0 Å². The van der Waals surface area contributed by atoms with Crippen molar-refractivity contribution in [3.05, 3.63) is 48.5 Å². The van der Waals surface area contributed by atoms with Gasteiger partial charge >= 0.3 is 5.97 Å². The van der Waals surface area contributed by atoms with Crippen molar-refractivity contribution in [3.63, 3.8) is 0 Å². The van der Waals surface area contributed by atoms with Crippen LogP contribution in [0, 0.1) is 0 Å². The van der Waals surface area contributed by atoms with E-state index in [2.05, 4.69) is 0 Å². The Morgan fingerprint density at radius 3 is 2.38 bits per heavy atom. The number of nitrogens with two attached hydrogens (primary N) is 1. The molecule has 0 amide bonds. The average Bonchev–Trinajstić information content (AvgIpc) is 2.45. The predicted octanol–water partition coefficient (Wildman–Crippen LogP) is 1.46.